The lowest BCUT2D eigenvalue weighted by Gasteiger charge is -2.23. The topological polar surface area (TPSA) is 27.0 Å². The Kier molecular flexibility index (Phi) is 15.4. The van der Waals surface area contributed by atoms with E-state index in [1.807, 2.05) is 0 Å². The van der Waals surface area contributed by atoms with Crippen molar-refractivity contribution in [2.24, 2.45) is 5.92 Å². The monoisotopic (exact) mass is 294 g/mol. The summed E-state index contributed by atoms with van der Waals surface area (Å²) >= 11 is 0. The van der Waals surface area contributed by atoms with E-state index >= 15 is 0 Å². The first-order valence-corrected chi connectivity index (χ1v) is 9.30. The summed E-state index contributed by atoms with van der Waals surface area (Å²) in [5, 5.41) is 8.72. The average Bonchev–Trinajstić information content (AvgIpc) is 2.46. The molecule has 0 radical (unpaired) electrons. The number of nitriles is 1. The van der Waals surface area contributed by atoms with Gasteiger partial charge in [0, 0.05) is 19.5 Å². The number of hydrogen-bond acceptors (Lipinski definition) is 2. The Hall–Kier alpha value is -0.550. The predicted molar refractivity (Wildman–Crippen MR) is 93.4 cm³/mol. The van der Waals surface area contributed by atoms with Crippen molar-refractivity contribution in [3.8, 4) is 6.07 Å². The molecule has 0 aliphatic carbocycles. The fraction of sp³-hybridized carbons (Fsp3) is 0.947. The maximum Gasteiger partial charge on any atom is 0.0635 e. The largest absolute Gasteiger partial charge is 0.302 e. The van der Waals surface area contributed by atoms with Crippen LogP contribution in [0.25, 0.3) is 0 Å². The third kappa shape index (κ3) is 15.7. The second-order valence-corrected chi connectivity index (χ2v) is 6.78. The minimum absolute atomic E-state index is 0.671. The van der Waals surface area contributed by atoms with E-state index in [0.29, 0.717) is 12.3 Å². The second-order valence-electron chi connectivity index (χ2n) is 6.78. The third-order valence-corrected chi connectivity index (χ3v) is 3.99. The Labute approximate surface area is 133 Å². The zero-order valence-electron chi connectivity index (χ0n) is 14.9. The van der Waals surface area contributed by atoms with Gasteiger partial charge in [0.2, 0.25) is 0 Å². The van der Waals surface area contributed by atoms with Crippen LogP contribution in [-0.4, -0.2) is 24.5 Å². The smallest absolute Gasteiger partial charge is 0.0635 e. The van der Waals surface area contributed by atoms with Gasteiger partial charge < -0.3 is 4.90 Å². The molecule has 124 valence electrons. The molecule has 2 heteroatoms. The first-order chi connectivity index (χ1) is 10.2. The molecule has 0 spiro atoms. The molecule has 0 atom stereocenters. The predicted octanol–water partition coefficient (Wildman–Crippen LogP) is 5.78. The standard InChI is InChI=1S/C19H38N2/c1-4-5-6-7-8-9-10-11-12-13-16-21(17-14-15-20)18-19(2)3/h19H,4-14,16-18H2,1-3H3. The lowest BCUT2D eigenvalue weighted by molar-refractivity contribution is 0.243. The van der Waals surface area contributed by atoms with Crippen molar-refractivity contribution >= 4 is 0 Å². The van der Waals surface area contributed by atoms with Gasteiger partial charge in [0.25, 0.3) is 0 Å². The highest BCUT2D eigenvalue weighted by atomic mass is 15.1. The minimum Gasteiger partial charge on any atom is -0.302 e. The maximum absolute atomic E-state index is 8.72. The first-order valence-electron chi connectivity index (χ1n) is 9.30. The molecule has 0 bridgehead atoms. The van der Waals surface area contributed by atoms with Crippen LogP contribution in [0.1, 0.15) is 91.4 Å². The summed E-state index contributed by atoms with van der Waals surface area (Å²) in [6.07, 6.45) is 14.6. The van der Waals surface area contributed by atoms with Crippen LogP contribution in [0.15, 0.2) is 0 Å². The third-order valence-electron chi connectivity index (χ3n) is 3.99. The van der Waals surface area contributed by atoms with Gasteiger partial charge >= 0.3 is 0 Å². The normalized spacial score (nSPS) is 11.2. The van der Waals surface area contributed by atoms with E-state index < -0.39 is 0 Å². The lowest BCUT2D eigenvalue weighted by Crippen LogP contribution is -2.29. The van der Waals surface area contributed by atoms with Gasteiger partial charge in [-0.05, 0) is 18.9 Å². The average molecular weight is 295 g/mol. The van der Waals surface area contributed by atoms with Gasteiger partial charge in [0.05, 0.1) is 6.07 Å². The molecule has 0 heterocycles. The molecular formula is C19H38N2. The molecule has 2 nitrogen and oxygen atoms in total. The highest BCUT2D eigenvalue weighted by Crippen LogP contribution is 2.11. The van der Waals surface area contributed by atoms with E-state index in [1.54, 1.807) is 0 Å². The molecule has 0 saturated carbocycles. The van der Waals surface area contributed by atoms with E-state index in [2.05, 4.69) is 31.7 Å². The molecule has 0 aromatic rings. The first kappa shape index (κ1) is 20.5. The Morgan fingerprint density at radius 2 is 1.33 bits per heavy atom. The Bertz CT molecular complexity index is 242. The number of hydrogen-bond donors (Lipinski definition) is 0. The van der Waals surface area contributed by atoms with Gasteiger partial charge in [-0.3, -0.25) is 0 Å². The van der Waals surface area contributed by atoms with Crippen LogP contribution in [0.3, 0.4) is 0 Å². The zero-order valence-corrected chi connectivity index (χ0v) is 14.9. The van der Waals surface area contributed by atoms with Crippen molar-refractivity contribution in [3.05, 3.63) is 0 Å². The molecule has 0 unspecified atom stereocenters. The number of unbranched alkanes of at least 4 members (excludes halogenated alkanes) is 9. The molecule has 0 saturated heterocycles. The van der Waals surface area contributed by atoms with Crippen LogP contribution in [0, 0.1) is 17.2 Å². The number of rotatable bonds is 15. The van der Waals surface area contributed by atoms with E-state index in [-0.39, 0.29) is 0 Å². The van der Waals surface area contributed by atoms with E-state index in [9.17, 15) is 0 Å². The molecule has 0 aliphatic heterocycles. The van der Waals surface area contributed by atoms with Crippen molar-refractivity contribution in [2.75, 3.05) is 19.6 Å². The van der Waals surface area contributed by atoms with Gasteiger partial charge in [0.1, 0.15) is 0 Å². The number of nitrogens with zero attached hydrogens (tertiary/aromatic N) is 2. The molecule has 21 heavy (non-hydrogen) atoms. The summed E-state index contributed by atoms with van der Waals surface area (Å²) in [5.41, 5.74) is 0. The van der Waals surface area contributed by atoms with Crippen molar-refractivity contribution < 1.29 is 0 Å². The van der Waals surface area contributed by atoms with Crippen molar-refractivity contribution in [3.63, 3.8) is 0 Å². The summed E-state index contributed by atoms with van der Waals surface area (Å²) in [7, 11) is 0. The van der Waals surface area contributed by atoms with Crippen LogP contribution < -0.4 is 0 Å². The highest BCUT2D eigenvalue weighted by Gasteiger charge is 2.06. The SMILES string of the molecule is CCCCCCCCCCCCN(CCC#N)CC(C)C. The van der Waals surface area contributed by atoms with Crippen molar-refractivity contribution in [2.45, 2.75) is 91.4 Å². The van der Waals surface area contributed by atoms with Gasteiger partial charge in [-0.2, -0.15) is 5.26 Å². The summed E-state index contributed by atoms with van der Waals surface area (Å²) in [6.45, 7) is 10.1. The molecule has 0 amide bonds. The Morgan fingerprint density at radius 1 is 0.810 bits per heavy atom. The minimum atomic E-state index is 0.671. The van der Waals surface area contributed by atoms with Crippen LogP contribution in [0.4, 0.5) is 0 Å². The van der Waals surface area contributed by atoms with Crippen molar-refractivity contribution in [1.29, 1.82) is 5.26 Å². The lowest BCUT2D eigenvalue weighted by atomic mass is 10.1. The second kappa shape index (κ2) is 15.8. The van der Waals surface area contributed by atoms with E-state index in [0.717, 1.165) is 13.1 Å². The van der Waals surface area contributed by atoms with Gasteiger partial charge in [-0.1, -0.05) is 78.6 Å². The summed E-state index contributed by atoms with van der Waals surface area (Å²) in [6, 6.07) is 2.27. The van der Waals surface area contributed by atoms with Crippen LogP contribution in [-0.2, 0) is 0 Å². The van der Waals surface area contributed by atoms with Gasteiger partial charge in [0.15, 0.2) is 0 Å². The maximum atomic E-state index is 8.72. The Balaban J connectivity index is 3.42. The van der Waals surface area contributed by atoms with E-state index in [1.165, 1.54) is 70.8 Å². The van der Waals surface area contributed by atoms with Gasteiger partial charge in [-0.15, -0.1) is 0 Å². The Morgan fingerprint density at radius 3 is 1.81 bits per heavy atom. The molecule has 0 aromatic carbocycles. The van der Waals surface area contributed by atoms with Crippen LogP contribution in [0.5, 0.6) is 0 Å². The summed E-state index contributed by atoms with van der Waals surface area (Å²) < 4.78 is 0. The summed E-state index contributed by atoms with van der Waals surface area (Å²) in [5.74, 6) is 0.701. The van der Waals surface area contributed by atoms with Gasteiger partial charge in [-0.25, -0.2) is 0 Å². The highest BCUT2D eigenvalue weighted by molar-refractivity contribution is 4.73. The van der Waals surface area contributed by atoms with Crippen molar-refractivity contribution in [1.82, 2.24) is 4.90 Å². The molecule has 0 fully saturated rings. The summed E-state index contributed by atoms with van der Waals surface area (Å²) in [4.78, 5) is 2.47. The fourth-order valence-corrected chi connectivity index (χ4v) is 2.84. The molecule has 0 rings (SSSR count). The molecule has 0 N–H and O–H groups in total. The van der Waals surface area contributed by atoms with E-state index in [4.69, 9.17) is 5.26 Å². The fourth-order valence-electron chi connectivity index (χ4n) is 2.84. The zero-order chi connectivity index (χ0) is 15.8. The quantitative estimate of drug-likeness (QED) is 0.358. The molecular weight excluding hydrogens is 256 g/mol. The molecule has 0 aromatic heterocycles. The van der Waals surface area contributed by atoms with Crippen LogP contribution >= 0.6 is 0 Å². The van der Waals surface area contributed by atoms with Crippen LogP contribution in [0.2, 0.25) is 0 Å². The molecule has 0 aliphatic rings.